The molecule has 2 aromatic carbocycles. The molecule has 0 amide bonds. The summed E-state index contributed by atoms with van der Waals surface area (Å²) in [5.41, 5.74) is 2.69. The van der Waals surface area contributed by atoms with Crippen LogP contribution in [-0.2, 0) is 0 Å². The van der Waals surface area contributed by atoms with Gasteiger partial charge in [0.1, 0.15) is 11.3 Å². The van der Waals surface area contributed by atoms with E-state index in [1.54, 1.807) is 0 Å². The van der Waals surface area contributed by atoms with E-state index in [2.05, 4.69) is 4.98 Å². The van der Waals surface area contributed by atoms with Gasteiger partial charge in [-0.15, -0.1) is 0 Å². The number of phenolic OH excluding ortho intramolecular Hbond substituents is 3. The van der Waals surface area contributed by atoms with Crippen molar-refractivity contribution in [3.8, 4) is 39.7 Å². The quantitative estimate of drug-likeness (QED) is 0.266. The van der Waals surface area contributed by atoms with Gasteiger partial charge in [0, 0.05) is 51.3 Å². The van der Waals surface area contributed by atoms with Crippen LogP contribution in [0.25, 0.3) is 44.3 Å². The first-order chi connectivity index (χ1) is 13.0. The van der Waals surface area contributed by atoms with Crippen LogP contribution in [0.4, 0.5) is 0 Å². The van der Waals surface area contributed by atoms with E-state index in [1.807, 2.05) is 30.5 Å². The minimum absolute atomic E-state index is 0.274. The molecule has 0 atom stereocenters. The molecule has 0 fully saturated rings. The third kappa shape index (κ3) is 2.17. The monoisotopic (exact) mass is 359 g/mol. The van der Waals surface area contributed by atoms with Gasteiger partial charge in [-0.25, -0.2) is 0 Å². The van der Waals surface area contributed by atoms with Crippen LogP contribution < -0.4 is 5.43 Å². The predicted octanol–water partition coefficient (Wildman–Crippen LogP) is 4.16. The second-order valence-electron chi connectivity index (χ2n) is 6.38. The van der Waals surface area contributed by atoms with Crippen molar-refractivity contribution in [2.75, 3.05) is 0 Å². The minimum atomic E-state index is -0.557. The molecule has 0 spiro atoms. The van der Waals surface area contributed by atoms with Gasteiger partial charge in [-0.05, 0) is 18.2 Å². The van der Waals surface area contributed by atoms with Gasteiger partial charge in [-0.1, -0.05) is 18.2 Å². The van der Waals surface area contributed by atoms with E-state index in [9.17, 15) is 20.1 Å². The van der Waals surface area contributed by atoms with E-state index >= 15 is 0 Å². The Bertz CT molecular complexity index is 1380. The van der Waals surface area contributed by atoms with Crippen LogP contribution in [0, 0.1) is 0 Å². The Morgan fingerprint density at radius 3 is 2.44 bits per heavy atom. The van der Waals surface area contributed by atoms with Crippen LogP contribution >= 0.6 is 0 Å². The first kappa shape index (κ1) is 15.3. The van der Waals surface area contributed by atoms with Crippen LogP contribution in [0.15, 0.2) is 63.9 Å². The first-order valence-electron chi connectivity index (χ1n) is 8.25. The van der Waals surface area contributed by atoms with Crippen molar-refractivity contribution in [3.05, 3.63) is 65.0 Å². The molecular weight excluding hydrogens is 346 g/mol. The standard InChI is InChI=1S/C21H13NO5/c23-15-5-11-19(7-17(15)25)27-20-8-18(26)16(24)6-12(20)21(11)13-9-22-14-4-2-1-3-10(13)14/h1-9,22-25H. The Morgan fingerprint density at radius 1 is 0.815 bits per heavy atom. The highest BCUT2D eigenvalue weighted by atomic mass is 16.3. The summed E-state index contributed by atoms with van der Waals surface area (Å²) in [5.74, 6) is -0.726. The van der Waals surface area contributed by atoms with Gasteiger partial charge in [0.25, 0.3) is 0 Å². The second-order valence-corrected chi connectivity index (χ2v) is 6.38. The molecule has 6 heteroatoms. The second kappa shape index (κ2) is 5.28. The van der Waals surface area contributed by atoms with Gasteiger partial charge in [-0.3, -0.25) is 4.79 Å². The van der Waals surface area contributed by atoms with Crippen molar-refractivity contribution in [3.63, 3.8) is 0 Å². The maximum Gasteiger partial charge on any atom is 0.223 e. The first-order valence-corrected chi connectivity index (χ1v) is 8.25. The Labute approximate surface area is 151 Å². The Hall–Kier alpha value is -3.93. The number of phenols is 3. The Balaban J connectivity index is 2.03. The third-order valence-electron chi connectivity index (χ3n) is 4.76. The lowest BCUT2D eigenvalue weighted by Gasteiger charge is -2.15. The van der Waals surface area contributed by atoms with Crippen LogP contribution in [0.5, 0.6) is 17.2 Å². The molecule has 6 nitrogen and oxygen atoms in total. The smallest absolute Gasteiger partial charge is 0.223 e. The minimum Gasteiger partial charge on any atom is -0.504 e. The maximum atomic E-state index is 11.9. The molecule has 1 aromatic heterocycles. The number of para-hydroxylation sites is 1. The molecular formula is C21H13NO5. The summed E-state index contributed by atoms with van der Waals surface area (Å²) < 4.78 is 5.78. The molecule has 27 heavy (non-hydrogen) atoms. The fourth-order valence-corrected chi connectivity index (χ4v) is 3.50. The van der Waals surface area contributed by atoms with E-state index in [-0.39, 0.29) is 23.0 Å². The average molecular weight is 359 g/mol. The maximum absolute atomic E-state index is 11.9. The van der Waals surface area contributed by atoms with Crippen molar-refractivity contribution in [1.82, 2.24) is 4.98 Å². The van der Waals surface area contributed by atoms with Crippen molar-refractivity contribution >= 4 is 21.9 Å². The van der Waals surface area contributed by atoms with E-state index < -0.39 is 5.43 Å². The number of hydrogen-bond donors (Lipinski definition) is 4. The van der Waals surface area contributed by atoms with E-state index in [0.717, 1.165) is 16.5 Å². The molecule has 1 aliphatic heterocycles. The van der Waals surface area contributed by atoms with Gasteiger partial charge >= 0.3 is 0 Å². The van der Waals surface area contributed by atoms with Crippen LogP contribution in [-0.4, -0.2) is 20.3 Å². The molecule has 4 N–H and O–H groups in total. The summed E-state index contributed by atoms with van der Waals surface area (Å²) in [7, 11) is 0. The number of fused-ring (bicyclic) bond motifs is 3. The number of benzene rings is 3. The van der Waals surface area contributed by atoms with Crippen molar-refractivity contribution in [2.45, 2.75) is 0 Å². The van der Waals surface area contributed by atoms with Gasteiger partial charge in [0.05, 0.1) is 0 Å². The van der Waals surface area contributed by atoms with Crippen LogP contribution in [0.3, 0.4) is 0 Å². The van der Waals surface area contributed by atoms with Crippen molar-refractivity contribution < 1.29 is 19.7 Å². The summed E-state index contributed by atoms with van der Waals surface area (Å²) in [6, 6.07) is 13.0. The number of H-pyrrole nitrogens is 1. The van der Waals surface area contributed by atoms with E-state index in [4.69, 9.17) is 4.42 Å². The highest BCUT2D eigenvalue weighted by Crippen LogP contribution is 2.45. The zero-order chi connectivity index (χ0) is 18.7. The Kier molecular flexibility index (Phi) is 3.00. The summed E-state index contributed by atoms with van der Waals surface area (Å²) in [6.07, 6.45) is 1.82. The van der Waals surface area contributed by atoms with Crippen LogP contribution in [0.2, 0.25) is 0 Å². The summed E-state index contributed by atoms with van der Waals surface area (Å²) in [4.78, 5) is 15.1. The molecule has 0 saturated carbocycles. The van der Waals surface area contributed by atoms with Gasteiger partial charge in [0.15, 0.2) is 17.2 Å². The molecule has 3 aromatic rings. The lowest BCUT2D eigenvalue weighted by Crippen LogP contribution is -2.01. The van der Waals surface area contributed by atoms with Gasteiger partial charge in [-0.2, -0.15) is 0 Å². The van der Waals surface area contributed by atoms with Crippen molar-refractivity contribution in [2.24, 2.45) is 0 Å². The fourth-order valence-electron chi connectivity index (χ4n) is 3.50. The fraction of sp³-hybridized carbons (Fsp3) is 0. The van der Waals surface area contributed by atoms with Gasteiger partial charge < -0.3 is 24.7 Å². The molecule has 132 valence electrons. The van der Waals surface area contributed by atoms with E-state index in [1.165, 1.54) is 24.3 Å². The zero-order valence-electron chi connectivity index (χ0n) is 13.9. The average Bonchev–Trinajstić information content (AvgIpc) is 3.07. The molecule has 0 unspecified atom stereocenters. The molecule has 5 rings (SSSR count). The number of hydrogen-bond acceptors (Lipinski definition) is 5. The number of aromatic hydroxyl groups is 3. The summed E-state index contributed by atoms with van der Waals surface area (Å²) in [5, 5.41) is 31.3. The molecule has 2 aliphatic rings. The lowest BCUT2D eigenvalue weighted by molar-refractivity contribution is 0.404. The largest absolute Gasteiger partial charge is 0.504 e. The van der Waals surface area contributed by atoms with Crippen LogP contribution in [0.1, 0.15) is 0 Å². The molecule has 0 saturated heterocycles. The lowest BCUT2D eigenvalue weighted by atomic mass is 9.93. The third-order valence-corrected chi connectivity index (χ3v) is 4.76. The van der Waals surface area contributed by atoms with Gasteiger partial charge in [0.2, 0.25) is 5.43 Å². The summed E-state index contributed by atoms with van der Waals surface area (Å²) >= 11 is 0. The highest BCUT2D eigenvalue weighted by molar-refractivity contribution is 6.09. The number of nitrogens with one attached hydrogen (secondary N) is 1. The highest BCUT2D eigenvalue weighted by Gasteiger charge is 2.22. The molecule has 1 aliphatic carbocycles. The topological polar surface area (TPSA) is 107 Å². The van der Waals surface area contributed by atoms with Crippen molar-refractivity contribution in [1.29, 1.82) is 0 Å². The van der Waals surface area contributed by atoms with E-state index in [0.29, 0.717) is 22.1 Å². The number of aromatic amines is 1. The SMILES string of the molecule is O=c1cc2oc3cc(O)c(O)cc3c(-c3c[nH]c4ccccc34)c-2cc1O. The molecule has 0 radical (unpaired) electrons. The molecule has 2 heterocycles. The Morgan fingerprint density at radius 2 is 1.59 bits per heavy atom. The molecule has 0 bridgehead atoms. The number of aromatic nitrogens is 1. The predicted molar refractivity (Wildman–Crippen MR) is 101 cm³/mol. The normalized spacial score (nSPS) is 11.6. The zero-order valence-corrected chi connectivity index (χ0v) is 13.9. The summed E-state index contributed by atoms with van der Waals surface area (Å²) in [6.45, 7) is 0. The number of rotatable bonds is 1.